The lowest BCUT2D eigenvalue weighted by molar-refractivity contribution is -0.384. The van der Waals surface area contributed by atoms with Gasteiger partial charge in [-0.3, -0.25) is 10.1 Å². The number of pyridine rings is 1. The fraction of sp³-hybridized carbons (Fsp3) is 0.500. The first-order valence-corrected chi connectivity index (χ1v) is 5.60. The Kier molecular flexibility index (Phi) is 5.93. The number of nitrogen functional groups attached to an aromatic ring is 1. The molecule has 0 saturated heterocycles. The molecule has 1 aromatic heterocycles. The highest BCUT2D eigenvalue weighted by Gasteiger charge is 2.19. The maximum absolute atomic E-state index is 10.9. The summed E-state index contributed by atoms with van der Waals surface area (Å²) in [4.78, 5) is 14.3. The highest BCUT2D eigenvalue weighted by Crippen LogP contribution is 2.24. The molecule has 1 atom stereocenters. The second-order valence-corrected chi connectivity index (χ2v) is 3.77. The van der Waals surface area contributed by atoms with Crippen LogP contribution in [-0.4, -0.2) is 41.4 Å². The molecule has 1 heterocycles. The number of nitrogens with two attached hydrogens (primary N) is 1. The Hall–Kier alpha value is -1.97. The minimum Gasteiger partial charge on any atom is -0.394 e. The summed E-state index contributed by atoms with van der Waals surface area (Å²) in [6.45, 7) is 0.226. The zero-order valence-electron chi connectivity index (χ0n) is 10.5. The minimum atomic E-state index is -0.555. The number of methoxy groups -OCH3 is 1. The summed E-state index contributed by atoms with van der Waals surface area (Å²) in [5.41, 5.74) is 2.12. The number of hydrogen-bond acceptors (Lipinski definition) is 8. The van der Waals surface area contributed by atoms with Gasteiger partial charge in [0.1, 0.15) is 5.82 Å². The number of nitrogens with one attached hydrogen (secondary N) is 2. The predicted octanol–water partition coefficient (Wildman–Crippen LogP) is 0.0847. The van der Waals surface area contributed by atoms with Crippen LogP contribution in [0.3, 0.4) is 0 Å². The van der Waals surface area contributed by atoms with E-state index < -0.39 is 4.92 Å². The summed E-state index contributed by atoms with van der Waals surface area (Å²) in [5.74, 6) is 5.55. The van der Waals surface area contributed by atoms with E-state index in [9.17, 15) is 15.2 Å². The van der Waals surface area contributed by atoms with Crippen molar-refractivity contribution in [2.24, 2.45) is 5.84 Å². The Labute approximate surface area is 109 Å². The third-order valence-corrected chi connectivity index (χ3v) is 2.45. The summed E-state index contributed by atoms with van der Waals surface area (Å²) in [6.07, 6.45) is 0.492. The molecule has 0 amide bonds. The SMILES string of the molecule is COCCC(CO)Nc1nc(NN)ccc1[N+](=O)[O-]. The van der Waals surface area contributed by atoms with Gasteiger partial charge in [0.25, 0.3) is 0 Å². The van der Waals surface area contributed by atoms with Crippen LogP contribution < -0.4 is 16.6 Å². The molecule has 5 N–H and O–H groups in total. The number of aromatic nitrogens is 1. The first-order chi connectivity index (χ1) is 9.12. The molecule has 0 bridgehead atoms. The molecule has 0 fully saturated rings. The molecule has 0 aliphatic carbocycles. The van der Waals surface area contributed by atoms with E-state index in [4.69, 9.17) is 10.6 Å². The average Bonchev–Trinajstić information content (AvgIpc) is 2.42. The van der Waals surface area contributed by atoms with Crippen LogP contribution in [0.15, 0.2) is 12.1 Å². The highest BCUT2D eigenvalue weighted by molar-refractivity contribution is 5.60. The fourth-order valence-corrected chi connectivity index (χ4v) is 1.45. The lowest BCUT2D eigenvalue weighted by Gasteiger charge is -2.16. The number of hydrogen-bond donors (Lipinski definition) is 4. The van der Waals surface area contributed by atoms with Crippen LogP contribution in [-0.2, 0) is 4.74 Å². The molecule has 0 saturated carbocycles. The molecule has 9 nitrogen and oxygen atoms in total. The number of ether oxygens (including phenoxy) is 1. The van der Waals surface area contributed by atoms with Gasteiger partial charge in [-0.2, -0.15) is 0 Å². The molecule has 0 spiro atoms. The second-order valence-electron chi connectivity index (χ2n) is 3.77. The van der Waals surface area contributed by atoms with Crippen molar-refractivity contribution < 1.29 is 14.8 Å². The average molecular weight is 271 g/mol. The van der Waals surface area contributed by atoms with Crippen LogP contribution in [0.4, 0.5) is 17.3 Å². The highest BCUT2D eigenvalue weighted by atomic mass is 16.6. The molecular weight excluding hydrogens is 254 g/mol. The first kappa shape index (κ1) is 15.1. The van der Waals surface area contributed by atoms with Crippen molar-refractivity contribution in [1.82, 2.24) is 4.98 Å². The number of nitro groups is 1. The molecule has 0 radical (unpaired) electrons. The summed E-state index contributed by atoms with van der Waals surface area (Å²) in [6, 6.07) is 2.29. The maximum Gasteiger partial charge on any atom is 0.311 e. The topological polar surface area (TPSA) is 136 Å². The van der Waals surface area contributed by atoms with Gasteiger partial charge in [-0.05, 0) is 12.5 Å². The third kappa shape index (κ3) is 4.32. The van der Waals surface area contributed by atoms with Crippen molar-refractivity contribution in [1.29, 1.82) is 0 Å². The zero-order valence-corrected chi connectivity index (χ0v) is 10.5. The maximum atomic E-state index is 10.9. The molecule has 106 valence electrons. The molecule has 19 heavy (non-hydrogen) atoms. The minimum absolute atomic E-state index is 0.0515. The molecule has 1 aromatic rings. The van der Waals surface area contributed by atoms with Gasteiger partial charge in [-0.1, -0.05) is 0 Å². The van der Waals surface area contributed by atoms with Crippen molar-refractivity contribution in [3.63, 3.8) is 0 Å². The number of anilines is 2. The second kappa shape index (κ2) is 7.46. The number of aliphatic hydroxyl groups excluding tert-OH is 1. The molecule has 1 unspecified atom stereocenters. The van der Waals surface area contributed by atoms with Gasteiger partial charge in [0.15, 0.2) is 0 Å². The van der Waals surface area contributed by atoms with Gasteiger partial charge < -0.3 is 20.6 Å². The molecule has 1 rings (SSSR count). The molecular formula is C10H17N5O4. The predicted molar refractivity (Wildman–Crippen MR) is 69.7 cm³/mol. The number of nitrogens with zero attached hydrogens (tertiary/aromatic N) is 2. The van der Waals surface area contributed by atoms with Crippen molar-refractivity contribution in [3.05, 3.63) is 22.2 Å². The first-order valence-electron chi connectivity index (χ1n) is 5.60. The quantitative estimate of drug-likeness (QED) is 0.296. The Bertz CT molecular complexity index is 428. The van der Waals surface area contributed by atoms with E-state index in [0.717, 1.165) is 0 Å². The van der Waals surface area contributed by atoms with Crippen LogP contribution in [0.1, 0.15) is 6.42 Å². The van der Waals surface area contributed by atoms with Crippen LogP contribution in [0.25, 0.3) is 0 Å². The van der Waals surface area contributed by atoms with Gasteiger partial charge in [0.05, 0.1) is 17.6 Å². The standard InChI is InChI=1S/C10H17N5O4/c1-19-5-4-7(6-16)12-10-8(15(17)18)2-3-9(13-10)14-11/h2-3,7,16H,4-6,11H2,1H3,(H2,12,13,14). The summed E-state index contributed by atoms with van der Waals surface area (Å²) >= 11 is 0. The van der Waals surface area contributed by atoms with Crippen molar-refractivity contribution in [2.45, 2.75) is 12.5 Å². The van der Waals surface area contributed by atoms with Crippen LogP contribution >= 0.6 is 0 Å². The smallest absolute Gasteiger partial charge is 0.311 e. The number of hydrazine groups is 1. The molecule has 0 aliphatic rings. The van der Waals surface area contributed by atoms with Crippen LogP contribution in [0.2, 0.25) is 0 Å². The van der Waals surface area contributed by atoms with Gasteiger partial charge in [-0.15, -0.1) is 0 Å². The number of rotatable bonds is 8. The summed E-state index contributed by atoms with van der Waals surface area (Å²) in [7, 11) is 1.54. The molecule has 0 aromatic carbocycles. The van der Waals surface area contributed by atoms with Crippen molar-refractivity contribution in [2.75, 3.05) is 31.1 Å². The molecule has 0 aliphatic heterocycles. The van der Waals surface area contributed by atoms with E-state index in [1.165, 1.54) is 19.2 Å². The van der Waals surface area contributed by atoms with Gasteiger partial charge in [0, 0.05) is 19.8 Å². The Morgan fingerprint density at radius 3 is 2.89 bits per heavy atom. The molecule has 9 heteroatoms. The van der Waals surface area contributed by atoms with E-state index in [1.54, 1.807) is 0 Å². The number of aliphatic hydroxyl groups is 1. The van der Waals surface area contributed by atoms with Crippen LogP contribution in [0, 0.1) is 10.1 Å². The van der Waals surface area contributed by atoms with Gasteiger partial charge in [-0.25, -0.2) is 10.8 Å². The van der Waals surface area contributed by atoms with Crippen LogP contribution in [0.5, 0.6) is 0 Å². The largest absolute Gasteiger partial charge is 0.394 e. The van der Waals surface area contributed by atoms with Crippen molar-refractivity contribution >= 4 is 17.3 Å². The Morgan fingerprint density at radius 1 is 1.63 bits per heavy atom. The monoisotopic (exact) mass is 271 g/mol. The summed E-state index contributed by atoms with van der Waals surface area (Å²) < 4.78 is 4.90. The van der Waals surface area contributed by atoms with Crippen molar-refractivity contribution in [3.8, 4) is 0 Å². The third-order valence-electron chi connectivity index (χ3n) is 2.45. The van der Waals surface area contributed by atoms with E-state index in [2.05, 4.69) is 15.7 Å². The van der Waals surface area contributed by atoms with E-state index >= 15 is 0 Å². The Morgan fingerprint density at radius 2 is 2.37 bits per heavy atom. The normalized spacial score (nSPS) is 11.9. The van der Waals surface area contributed by atoms with Gasteiger partial charge in [0.2, 0.25) is 5.82 Å². The summed E-state index contributed by atoms with van der Waals surface area (Å²) in [5, 5.41) is 22.9. The van der Waals surface area contributed by atoms with E-state index in [0.29, 0.717) is 13.0 Å². The zero-order chi connectivity index (χ0) is 14.3. The van der Waals surface area contributed by atoms with Gasteiger partial charge >= 0.3 is 5.69 Å². The Balaban J connectivity index is 2.92. The fourth-order valence-electron chi connectivity index (χ4n) is 1.45. The van der Waals surface area contributed by atoms with E-state index in [1.807, 2.05) is 0 Å². The lowest BCUT2D eigenvalue weighted by atomic mass is 10.2. The van der Waals surface area contributed by atoms with E-state index in [-0.39, 0.29) is 30.0 Å². The lowest BCUT2D eigenvalue weighted by Crippen LogP contribution is -2.26.